The van der Waals surface area contributed by atoms with Crippen LogP contribution in [0.4, 0.5) is 0 Å². The Morgan fingerprint density at radius 2 is 1.95 bits per heavy atom. The molecule has 3 nitrogen and oxygen atoms in total. The highest BCUT2D eigenvalue weighted by Gasteiger charge is 2.16. The maximum Gasteiger partial charge on any atom is 0.123 e. The number of nitrogens with zero attached hydrogens (tertiary/aromatic N) is 1. The second-order valence-electron chi connectivity index (χ2n) is 6.49. The number of hydrogen-bond acceptors (Lipinski definition) is 3. The quantitative estimate of drug-likeness (QED) is 0.833. The third kappa shape index (κ3) is 4.72. The van der Waals surface area contributed by atoms with Crippen LogP contribution in [0.15, 0.2) is 18.2 Å². The van der Waals surface area contributed by atoms with Crippen LogP contribution < -0.4 is 10.1 Å². The molecule has 21 heavy (non-hydrogen) atoms. The number of rotatable bonds is 7. The molecule has 1 heterocycles. The molecule has 0 aromatic heterocycles. The summed E-state index contributed by atoms with van der Waals surface area (Å²) in [5, 5.41) is 3.66. The summed E-state index contributed by atoms with van der Waals surface area (Å²) in [7, 11) is 1.75. The molecule has 1 N–H and O–H groups in total. The van der Waals surface area contributed by atoms with E-state index in [0.717, 1.165) is 12.3 Å². The summed E-state index contributed by atoms with van der Waals surface area (Å²) < 4.78 is 5.51. The first-order valence-corrected chi connectivity index (χ1v) is 8.20. The van der Waals surface area contributed by atoms with Crippen molar-refractivity contribution in [3.8, 4) is 5.75 Å². The van der Waals surface area contributed by atoms with Crippen molar-refractivity contribution < 1.29 is 4.74 Å². The number of benzene rings is 1. The normalized spacial score (nSPS) is 18.7. The minimum atomic E-state index is 0.321. The summed E-state index contributed by atoms with van der Waals surface area (Å²) >= 11 is 0. The van der Waals surface area contributed by atoms with Gasteiger partial charge in [-0.2, -0.15) is 0 Å². The largest absolute Gasteiger partial charge is 0.496 e. The van der Waals surface area contributed by atoms with E-state index < -0.39 is 0 Å². The molecule has 1 aliphatic rings. The lowest BCUT2D eigenvalue weighted by Gasteiger charge is -2.23. The third-order valence-electron chi connectivity index (χ3n) is 4.40. The minimum Gasteiger partial charge on any atom is -0.496 e. The second kappa shape index (κ2) is 7.81. The van der Waals surface area contributed by atoms with Gasteiger partial charge in [0.25, 0.3) is 0 Å². The summed E-state index contributed by atoms with van der Waals surface area (Å²) in [5.41, 5.74) is 2.49. The van der Waals surface area contributed by atoms with Gasteiger partial charge in [0.05, 0.1) is 7.11 Å². The minimum absolute atomic E-state index is 0.321. The van der Waals surface area contributed by atoms with E-state index in [2.05, 4.69) is 49.2 Å². The number of likely N-dealkylation sites (tertiary alicyclic amines) is 1. The molecule has 1 aromatic carbocycles. The van der Waals surface area contributed by atoms with E-state index in [1.54, 1.807) is 7.11 Å². The van der Waals surface area contributed by atoms with Gasteiger partial charge in [0.15, 0.2) is 0 Å². The zero-order valence-electron chi connectivity index (χ0n) is 14.0. The third-order valence-corrected chi connectivity index (χ3v) is 4.40. The molecule has 2 rings (SSSR count). The second-order valence-corrected chi connectivity index (χ2v) is 6.49. The maximum atomic E-state index is 5.51. The Morgan fingerprint density at radius 1 is 1.24 bits per heavy atom. The highest BCUT2D eigenvalue weighted by atomic mass is 16.5. The summed E-state index contributed by atoms with van der Waals surface area (Å²) in [5.74, 6) is 1.67. The van der Waals surface area contributed by atoms with Crippen LogP contribution in [0.1, 0.15) is 43.9 Å². The van der Waals surface area contributed by atoms with Gasteiger partial charge >= 0.3 is 0 Å². The van der Waals surface area contributed by atoms with Crippen LogP contribution in [0.5, 0.6) is 5.75 Å². The Balaban J connectivity index is 1.84. The summed E-state index contributed by atoms with van der Waals surface area (Å²) in [6, 6.07) is 6.77. The molecule has 118 valence electrons. The van der Waals surface area contributed by atoms with E-state index in [0.29, 0.717) is 12.0 Å². The molecule has 0 aliphatic carbocycles. The zero-order chi connectivity index (χ0) is 15.2. The number of ether oxygens (including phenoxy) is 1. The molecule has 0 saturated carbocycles. The first-order chi connectivity index (χ1) is 10.1. The van der Waals surface area contributed by atoms with E-state index in [-0.39, 0.29) is 0 Å². The Bertz CT molecular complexity index is 441. The van der Waals surface area contributed by atoms with Gasteiger partial charge in [0, 0.05) is 18.2 Å². The Labute approximate surface area is 129 Å². The van der Waals surface area contributed by atoms with Crippen LogP contribution in [0, 0.1) is 12.8 Å². The van der Waals surface area contributed by atoms with Gasteiger partial charge in [0.2, 0.25) is 0 Å². The van der Waals surface area contributed by atoms with Gasteiger partial charge in [-0.05, 0) is 63.9 Å². The van der Waals surface area contributed by atoms with Gasteiger partial charge < -0.3 is 15.0 Å². The lowest BCUT2D eigenvalue weighted by Crippen LogP contribution is -2.32. The van der Waals surface area contributed by atoms with Crippen LogP contribution in [-0.4, -0.2) is 38.2 Å². The maximum absolute atomic E-state index is 5.51. The van der Waals surface area contributed by atoms with Crippen molar-refractivity contribution in [2.24, 2.45) is 5.92 Å². The monoisotopic (exact) mass is 290 g/mol. The van der Waals surface area contributed by atoms with Crippen molar-refractivity contribution in [3.05, 3.63) is 29.3 Å². The number of aryl methyl sites for hydroxylation is 1. The highest BCUT2D eigenvalue weighted by Crippen LogP contribution is 2.26. The van der Waals surface area contributed by atoms with Crippen molar-refractivity contribution in [2.75, 3.05) is 33.3 Å². The molecular weight excluding hydrogens is 260 g/mol. The summed E-state index contributed by atoms with van der Waals surface area (Å²) in [6.07, 6.45) is 2.74. The molecule has 1 aliphatic heterocycles. The molecule has 0 bridgehead atoms. The molecule has 1 saturated heterocycles. The molecule has 2 unspecified atom stereocenters. The van der Waals surface area contributed by atoms with Crippen LogP contribution in [0.2, 0.25) is 0 Å². The van der Waals surface area contributed by atoms with Crippen molar-refractivity contribution in [1.29, 1.82) is 0 Å². The van der Waals surface area contributed by atoms with Crippen molar-refractivity contribution in [3.63, 3.8) is 0 Å². The SMILES string of the molecule is COc1cc(C)ccc1C(C)NCC(C)CN1CCCC1. The molecule has 1 aromatic rings. The summed E-state index contributed by atoms with van der Waals surface area (Å²) in [4.78, 5) is 2.59. The van der Waals surface area contributed by atoms with Crippen LogP contribution in [0.3, 0.4) is 0 Å². The van der Waals surface area contributed by atoms with E-state index in [9.17, 15) is 0 Å². The number of methoxy groups -OCH3 is 1. The number of hydrogen-bond donors (Lipinski definition) is 1. The van der Waals surface area contributed by atoms with Crippen molar-refractivity contribution in [2.45, 2.75) is 39.7 Å². The van der Waals surface area contributed by atoms with Crippen LogP contribution >= 0.6 is 0 Å². The Kier molecular flexibility index (Phi) is 6.07. The molecule has 1 fully saturated rings. The Morgan fingerprint density at radius 3 is 2.62 bits per heavy atom. The van der Waals surface area contributed by atoms with Crippen LogP contribution in [-0.2, 0) is 0 Å². The van der Waals surface area contributed by atoms with Gasteiger partial charge in [-0.1, -0.05) is 19.1 Å². The molecule has 3 heteroatoms. The van der Waals surface area contributed by atoms with Crippen molar-refractivity contribution in [1.82, 2.24) is 10.2 Å². The lowest BCUT2D eigenvalue weighted by atomic mass is 10.0. The van der Waals surface area contributed by atoms with Gasteiger partial charge in [-0.25, -0.2) is 0 Å². The molecular formula is C18H30N2O. The first-order valence-electron chi connectivity index (χ1n) is 8.20. The van der Waals surface area contributed by atoms with Crippen molar-refractivity contribution >= 4 is 0 Å². The molecule has 0 amide bonds. The highest BCUT2D eigenvalue weighted by molar-refractivity contribution is 5.39. The fourth-order valence-corrected chi connectivity index (χ4v) is 3.13. The average Bonchev–Trinajstić information content (AvgIpc) is 2.97. The zero-order valence-corrected chi connectivity index (χ0v) is 14.0. The van der Waals surface area contributed by atoms with Crippen LogP contribution in [0.25, 0.3) is 0 Å². The Hall–Kier alpha value is -1.06. The predicted molar refractivity (Wildman–Crippen MR) is 89.0 cm³/mol. The molecule has 0 radical (unpaired) electrons. The van der Waals surface area contributed by atoms with Gasteiger partial charge in [-0.3, -0.25) is 0 Å². The molecule has 2 atom stereocenters. The predicted octanol–water partition coefficient (Wildman–Crippen LogP) is 3.39. The van der Waals surface area contributed by atoms with Gasteiger partial charge in [-0.15, -0.1) is 0 Å². The van der Waals surface area contributed by atoms with E-state index in [4.69, 9.17) is 4.74 Å². The number of nitrogens with one attached hydrogen (secondary N) is 1. The fraction of sp³-hybridized carbons (Fsp3) is 0.667. The summed E-state index contributed by atoms with van der Waals surface area (Å²) in [6.45, 7) is 11.5. The standard InChI is InChI=1S/C18H30N2O/c1-14-7-8-17(18(11-14)21-4)16(3)19-12-15(2)13-20-9-5-6-10-20/h7-8,11,15-16,19H,5-6,9-10,12-13H2,1-4H3. The lowest BCUT2D eigenvalue weighted by molar-refractivity contribution is 0.278. The fourth-order valence-electron chi connectivity index (χ4n) is 3.13. The first kappa shape index (κ1) is 16.3. The van der Waals surface area contributed by atoms with Gasteiger partial charge in [0.1, 0.15) is 5.75 Å². The smallest absolute Gasteiger partial charge is 0.123 e. The van der Waals surface area contributed by atoms with E-state index in [1.165, 1.54) is 43.6 Å². The topological polar surface area (TPSA) is 24.5 Å². The van der Waals surface area contributed by atoms with E-state index >= 15 is 0 Å². The van der Waals surface area contributed by atoms with E-state index in [1.807, 2.05) is 0 Å². The molecule has 0 spiro atoms. The average molecular weight is 290 g/mol.